The zero-order valence-corrected chi connectivity index (χ0v) is 23.7. The van der Waals surface area contributed by atoms with Gasteiger partial charge in [0.1, 0.15) is 6.10 Å². The second-order valence-electron chi connectivity index (χ2n) is 9.80. The van der Waals surface area contributed by atoms with Crippen LogP contribution in [-0.2, 0) is 10.0 Å². The second-order valence-corrected chi connectivity index (χ2v) is 12.3. The maximum atomic E-state index is 13.5. The molecule has 0 bridgehead atoms. The van der Waals surface area contributed by atoms with Crippen molar-refractivity contribution in [2.75, 3.05) is 32.1 Å². The van der Waals surface area contributed by atoms with E-state index in [2.05, 4.69) is 10.6 Å². The zero-order chi connectivity index (χ0) is 28.2. The van der Waals surface area contributed by atoms with Gasteiger partial charge in [0, 0.05) is 30.6 Å². The summed E-state index contributed by atoms with van der Waals surface area (Å²) in [4.78, 5) is 27.7. The molecule has 3 rings (SSSR count). The van der Waals surface area contributed by atoms with E-state index in [9.17, 15) is 23.1 Å². The molecule has 1 heterocycles. The molecule has 0 fully saturated rings. The van der Waals surface area contributed by atoms with E-state index < -0.39 is 28.2 Å². The molecule has 10 nitrogen and oxygen atoms in total. The van der Waals surface area contributed by atoms with E-state index in [0.29, 0.717) is 5.02 Å². The molecular formula is C26H35ClN4O6S. The smallest absolute Gasteiger partial charge is 0.319 e. The molecule has 1 aliphatic heterocycles. The van der Waals surface area contributed by atoms with Crippen molar-refractivity contribution in [1.29, 1.82) is 0 Å². The number of hydrogen-bond acceptors (Lipinski definition) is 6. The fourth-order valence-corrected chi connectivity index (χ4v) is 5.43. The Balaban J connectivity index is 2.02. The molecule has 208 valence electrons. The maximum Gasteiger partial charge on any atom is 0.319 e. The number of rotatable bonds is 8. The van der Waals surface area contributed by atoms with Crippen LogP contribution in [0.5, 0.6) is 5.75 Å². The molecule has 3 N–H and O–H groups in total. The number of anilines is 1. The van der Waals surface area contributed by atoms with Crippen molar-refractivity contribution >= 4 is 39.2 Å². The average molecular weight is 567 g/mol. The van der Waals surface area contributed by atoms with Crippen molar-refractivity contribution < 1.29 is 27.9 Å². The SMILES string of the molecule is CC(C)NC(=O)Nc1cccc2c1O[C@@H](CN(C)S(=O)(=O)c1ccc(Cl)cc1)[C@@H](C)CN([C@H](C)CO)C2=O. The van der Waals surface area contributed by atoms with Gasteiger partial charge in [-0.1, -0.05) is 24.6 Å². The summed E-state index contributed by atoms with van der Waals surface area (Å²) in [6.45, 7) is 7.16. The van der Waals surface area contributed by atoms with Crippen molar-refractivity contribution in [1.82, 2.24) is 14.5 Å². The number of hydrogen-bond donors (Lipinski definition) is 3. The monoisotopic (exact) mass is 566 g/mol. The molecule has 2 aromatic carbocycles. The number of likely N-dealkylation sites (N-methyl/N-ethyl adjacent to an activating group) is 1. The molecule has 0 aromatic heterocycles. The van der Waals surface area contributed by atoms with Gasteiger partial charge in [0.05, 0.1) is 35.3 Å². The van der Waals surface area contributed by atoms with Crippen LogP contribution in [0.15, 0.2) is 47.4 Å². The fourth-order valence-electron chi connectivity index (χ4n) is 4.12. The van der Waals surface area contributed by atoms with Crippen LogP contribution in [0.4, 0.5) is 10.5 Å². The predicted molar refractivity (Wildman–Crippen MR) is 146 cm³/mol. The van der Waals surface area contributed by atoms with E-state index >= 15 is 0 Å². The van der Waals surface area contributed by atoms with Gasteiger partial charge >= 0.3 is 6.03 Å². The molecule has 0 saturated heterocycles. The highest BCUT2D eigenvalue weighted by atomic mass is 35.5. The highest BCUT2D eigenvalue weighted by molar-refractivity contribution is 7.89. The summed E-state index contributed by atoms with van der Waals surface area (Å²) in [6.07, 6.45) is -0.696. The highest BCUT2D eigenvalue weighted by Gasteiger charge is 2.36. The van der Waals surface area contributed by atoms with E-state index in [1.165, 1.54) is 35.6 Å². The van der Waals surface area contributed by atoms with Crippen LogP contribution in [0.1, 0.15) is 38.1 Å². The van der Waals surface area contributed by atoms with E-state index in [1.54, 1.807) is 30.0 Å². The summed E-state index contributed by atoms with van der Waals surface area (Å²) in [7, 11) is -2.41. The van der Waals surface area contributed by atoms with E-state index in [-0.39, 0.29) is 59.5 Å². The Kier molecular flexibility index (Phi) is 9.64. The number of nitrogens with zero attached hydrogens (tertiary/aromatic N) is 2. The van der Waals surface area contributed by atoms with Crippen molar-refractivity contribution in [2.24, 2.45) is 5.92 Å². The van der Waals surface area contributed by atoms with Gasteiger partial charge in [0.15, 0.2) is 5.75 Å². The number of halogens is 1. The number of para-hydroxylation sites is 1. The zero-order valence-electron chi connectivity index (χ0n) is 22.1. The third-order valence-corrected chi connectivity index (χ3v) is 8.41. The number of amides is 3. The van der Waals surface area contributed by atoms with Crippen molar-refractivity contribution in [3.8, 4) is 5.75 Å². The Bertz CT molecular complexity index is 1250. The van der Waals surface area contributed by atoms with Crippen LogP contribution in [0.25, 0.3) is 0 Å². The molecule has 0 radical (unpaired) electrons. The summed E-state index contributed by atoms with van der Waals surface area (Å²) in [5, 5.41) is 15.7. The van der Waals surface area contributed by atoms with Gasteiger partial charge in [-0.25, -0.2) is 13.2 Å². The number of aliphatic hydroxyl groups is 1. The Hall–Kier alpha value is -2.86. The Morgan fingerprint density at radius 2 is 1.87 bits per heavy atom. The van der Waals surface area contributed by atoms with E-state index in [0.717, 1.165) is 0 Å². The van der Waals surface area contributed by atoms with Crippen LogP contribution >= 0.6 is 11.6 Å². The number of carbonyl (C=O) groups is 2. The molecule has 0 unspecified atom stereocenters. The summed E-state index contributed by atoms with van der Waals surface area (Å²) < 4.78 is 34.1. The first-order chi connectivity index (χ1) is 17.8. The van der Waals surface area contributed by atoms with Crippen molar-refractivity contribution in [3.05, 3.63) is 53.1 Å². The largest absolute Gasteiger partial charge is 0.486 e. The Morgan fingerprint density at radius 1 is 1.21 bits per heavy atom. The third-order valence-electron chi connectivity index (χ3n) is 6.32. The molecule has 38 heavy (non-hydrogen) atoms. The van der Waals surface area contributed by atoms with Gasteiger partial charge in [-0.2, -0.15) is 4.31 Å². The van der Waals surface area contributed by atoms with Crippen LogP contribution < -0.4 is 15.4 Å². The second kappa shape index (κ2) is 12.3. The predicted octanol–water partition coefficient (Wildman–Crippen LogP) is 3.41. The lowest BCUT2D eigenvalue weighted by Gasteiger charge is -2.38. The molecule has 3 atom stereocenters. The third kappa shape index (κ3) is 6.76. The van der Waals surface area contributed by atoms with E-state index in [1.807, 2.05) is 20.8 Å². The topological polar surface area (TPSA) is 128 Å². The van der Waals surface area contributed by atoms with Gasteiger partial charge < -0.3 is 25.4 Å². The number of ether oxygens (including phenoxy) is 1. The van der Waals surface area contributed by atoms with Gasteiger partial charge in [0.25, 0.3) is 5.91 Å². The minimum Gasteiger partial charge on any atom is -0.486 e. The van der Waals surface area contributed by atoms with Crippen molar-refractivity contribution in [3.63, 3.8) is 0 Å². The average Bonchev–Trinajstić information content (AvgIpc) is 2.85. The summed E-state index contributed by atoms with van der Waals surface area (Å²) in [6, 6.07) is 9.63. The number of fused-ring (bicyclic) bond motifs is 1. The summed E-state index contributed by atoms with van der Waals surface area (Å²) in [5.41, 5.74) is 0.473. The Morgan fingerprint density at radius 3 is 2.47 bits per heavy atom. The molecule has 12 heteroatoms. The minimum absolute atomic E-state index is 0.0341. The highest BCUT2D eigenvalue weighted by Crippen LogP contribution is 2.35. The van der Waals surface area contributed by atoms with Crippen molar-refractivity contribution in [2.45, 2.75) is 50.8 Å². The van der Waals surface area contributed by atoms with Crippen LogP contribution in [-0.4, -0.2) is 79.6 Å². The van der Waals surface area contributed by atoms with E-state index in [4.69, 9.17) is 16.3 Å². The number of urea groups is 1. The first-order valence-corrected chi connectivity index (χ1v) is 14.2. The lowest BCUT2D eigenvalue weighted by atomic mass is 9.99. The van der Waals surface area contributed by atoms with Crippen LogP contribution in [0.3, 0.4) is 0 Å². The molecule has 2 aromatic rings. The maximum absolute atomic E-state index is 13.5. The summed E-state index contributed by atoms with van der Waals surface area (Å²) >= 11 is 5.93. The van der Waals surface area contributed by atoms with Crippen LogP contribution in [0, 0.1) is 5.92 Å². The molecular weight excluding hydrogens is 532 g/mol. The van der Waals surface area contributed by atoms with Gasteiger partial charge in [-0.3, -0.25) is 4.79 Å². The Labute approximate surface area is 229 Å². The molecule has 0 saturated carbocycles. The van der Waals surface area contributed by atoms with Crippen LogP contribution in [0.2, 0.25) is 5.02 Å². The molecule has 1 aliphatic rings. The number of aliphatic hydroxyl groups excluding tert-OH is 1. The first kappa shape index (κ1) is 29.7. The normalized spacial score (nSPS) is 18.9. The van der Waals surface area contributed by atoms with Gasteiger partial charge in [-0.15, -0.1) is 0 Å². The fraction of sp³-hybridized carbons (Fsp3) is 0.462. The van der Waals surface area contributed by atoms with Gasteiger partial charge in [-0.05, 0) is 57.2 Å². The molecule has 3 amide bonds. The number of nitrogens with one attached hydrogen (secondary N) is 2. The minimum atomic E-state index is -3.87. The standard InChI is InChI=1S/C26H35ClN4O6S/c1-16(2)28-26(34)29-22-8-6-7-21-24(22)37-23(17(3)13-31(25(21)33)18(4)15-32)14-30(5)38(35,36)20-11-9-19(27)10-12-20/h6-12,16-18,23,32H,13-15H2,1-5H3,(H2,28,29,34)/t17-,18+,23-/m0/s1. The number of carbonyl (C=O) groups excluding carboxylic acids is 2. The molecule has 0 spiro atoms. The number of benzene rings is 2. The quantitative estimate of drug-likeness (QED) is 0.449. The lowest BCUT2D eigenvalue weighted by molar-refractivity contribution is 0.0389. The summed E-state index contributed by atoms with van der Waals surface area (Å²) in [5.74, 6) is -0.552. The van der Waals surface area contributed by atoms with Gasteiger partial charge in [0.2, 0.25) is 10.0 Å². The first-order valence-electron chi connectivity index (χ1n) is 12.4. The number of sulfonamides is 1. The lowest BCUT2D eigenvalue weighted by Crippen LogP contribution is -2.50. The molecule has 0 aliphatic carbocycles.